The number of fused-ring (bicyclic) bond motifs is 1. The molecule has 10 nitrogen and oxygen atoms in total. The number of methoxy groups -OCH3 is 2. The molecule has 1 saturated carbocycles. The summed E-state index contributed by atoms with van der Waals surface area (Å²) in [6, 6.07) is 10.3. The first-order valence-corrected chi connectivity index (χ1v) is 10.6. The number of carbonyl (C=O) groups excluding carboxylic acids is 1. The fourth-order valence-electron chi connectivity index (χ4n) is 4.25. The van der Waals surface area contributed by atoms with Crippen LogP contribution in [0.1, 0.15) is 48.6 Å². The normalized spacial score (nSPS) is 20.2. The molecule has 2 aromatic heterocycles. The molecule has 0 atom stereocenters. The van der Waals surface area contributed by atoms with Crippen molar-refractivity contribution in [3.63, 3.8) is 0 Å². The van der Waals surface area contributed by atoms with Crippen molar-refractivity contribution in [2.75, 3.05) is 19.5 Å². The second-order valence-electron chi connectivity index (χ2n) is 8.23. The molecule has 1 fully saturated rings. The molecule has 4 rings (SSSR count). The molecule has 33 heavy (non-hydrogen) atoms. The number of nitrogens with one attached hydrogen (secondary N) is 1. The smallest absolute Gasteiger partial charge is 0.417 e. The Kier molecular flexibility index (Phi) is 6.07. The number of aliphatic hydroxyl groups is 1. The predicted octanol–water partition coefficient (Wildman–Crippen LogP) is 2.59. The molecule has 1 aliphatic carbocycles. The highest BCUT2D eigenvalue weighted by molar-refractivity contribution is 6.04. The van der Waals surface area contributed by atoms with Gasteiger partial charge in [0, 0.05) is 23.7 Å². The largest absolute Gasteiger partial charge is 0.494 e. The van der Waals surface area contributed by atoms with Gasteiger partial charge < -0.3 is 19.9 Å². The highest BCUT2D eigenvalue weighted by Gasteiger charge is 2.34. The lowest BCUT2D eigenvalue weighted by Gasteiger charge is -2.34. The third-order valence-corrected chi connectivity index (χ3v) is 6.13. The molecule has 1 aromatic carbocycles. The van der Waals surface area contributed by atoms with Crippen LogP contribution in [0.5, 0.6) is 11.6 Å². The molecule has 1 amide bonds. The van der Waals surface area contributed by atoms with E-state index < -0.39 is 11.5 Å². The zero-order chi connectivity index (χ0) is 23.6. The Hall–Kier alpha value is -3.84. The van der Waals surface area contributed by atoms with Gasteiger partial charge in [0.1, 0.15) is 5.75 Å². The summed E-state index contributed by atoms with van der Waals surface area (Å²) in [5.41, 5.74) is 0.229. The minimum atomic E-state index is -0.914. The first-order valence-electron chi connectivity index (χ1n) is 10.6. The van der Waals surface area contributed by atoms with E-state index in [9.17, 15) is 15.1 Å². The van der Waals surface area contributed by atoms with Crippen LogP contribution in [-0.4, -0.2) is 45.8 Å². The van der Waals surface area contributed by atoms with Crippen LogP contribution in [0, 0.1) is 11.3 Å². The average molecular weight is 452 g/mol. The molecule has 0 bridgehead atoms. The highest BCUT2D eigenvalue weighted by atomic mass is 16.5. The van der Waals surface area contributed by atoms with Crippen LogP contribution < -0.4 is 19.5 Å². The van der Waals surface area contributed by atoms with Crippen LogP contribution in [0.4, 0.5) is 5.69 Å². The Morgan fingerprint density at radius 1 is 1.33 bits per heavy atom. The maximum absolute atomic E-state index is 12.8. The number of amides is 1. The van der Waals surface area contributed by atoms with Crippen LogP contribution >= 0.6 is 0 Å². The fourth-order valence-corrected chi connectivity index (χ4v) is 4.25. The number of aromatic nitrogens is 3. The Morgan fingerprint density at radius 3 is 2.76 bits per heavy atom. The van der Waals surface area contributed by atoms with E-state index in [0.717, 1.165) is 18.2 Å². The minimum Gasteiger partial charge on any atom is -0.494 e. The lowest BCUT2D eigenvalue weighted by molar-refractivity contribution is -0.907. The molecular formula is C23H26N5O5+. The summed E-state index contributed by atoms with van der Waals surface area (Å²) in [5, 5.41) is 37.9. The van der Waals surface area contributed by atoms with Gasteiger partial charge in [0.05, 0.1) is 60.4 Å². The van der Waals surface area contributed by atoms with Gasteiger partial charge in [-0.1, -0.05) is 0 Å². The van der Waals surface area contributed by atoms with Gasteiger partial charge in [-0.2, -0.15) is 10.4 Å². The number of hydrogen-bond acceptors (Lipinski definition) is 7. The van der Waals surface area contributed by atoms with Gasteiger partial charge in [0.2, 0.25) is 0 Å². The number of benzene rings is 1. The minimum absolute atomic E-state index is 0.000688. The van der Waals surface area contributed by atoms with Crippen molar-refractivity contribution < 1.29 is 29.3 Å². The number of rotatable bonds is 6. The molecule has 0 saturated heterocycles. The third kappa shape index (κ3) is 4.40. The summed E-state index contributed by atoms with van der Waals surface area (Å²) in [4.78, 5) is 12.8. The van der Waals surface area contributed by atoms with Gasteiger partial charge in [-0.25, -0.2) is 0 Å². The molecule has 2 heterocycles. The van der Waals surface area contributed by atoms with E-state index in [1.807, 2.05) is 10.9 Å². The van der Waals surface area contributed by atoms with E-state index in [1.165, 1.54) is 26.4 Å². The Balaban J connectivity index is 1.58. The second kappa shape index (κ2) is 8.96. The standard InChI is InChI=1S/C23H25N5O5/c1-32-20-13-17-15(14-27(26-17)16-6-8-23(30,9-7-16)10-11-24)12-18(20)25-22(29)19-4-3-5-21(33-2)28(19)31/h3-5,12-14,16,30H,6-10H2,1-2H3,(H-,25,29,31)/p+1. The SMILES string of the molecule is COc1cc2nn(C3CCC(O)(CC#N)CC3)cc2cc1NC(=O)c1cccc(OC)[n+]1O. The summed E-state index contributed by atoms with van der Waals surface area (Å²) >= 11 is 0. The number of carbonyl (C=O) groups is 1. The van der Waals surface area contributed by atoms with Crippen molar-refractivity contribution in [1.82, 2.24) is 9.78 Å². The van der Waals surface area contributed by atoms with E-state index in [0.29, 0.717) is 34.5 Å². The van der Waals surface area contributed by atoms with Gasteiger partial charge in [0.15, 0.2) is 0 Å². The van der Waals surface area contributed by atoms with Gasteiger partial charge in [-0.05, 0) is 37.8 Å². The van der Waals surface area contributed by atoms with Crippen molar-refractivity contribution in [3.05, 3.63) is 42.2 Å². The number of ether oxygens (including phenoxy) is 2. The summed E-state index contributed by atoms with van der Waals surface area (Å²) < 4.78 is 13.0. The lowest BCUT2D eigenvalue weighted by Crippen LogP contribution is -2.40. The zero-order valence-electron chi connectivity index (χ0n) is 18.5. The molecule has 3 N–H and O–H groups in total. The van der Waals surface area contributed by atoms with E-state index in [4.69, 9.17) is 14.7 Å². The Bertz CT molecular complexity index is 1220. The second-order valence-corrected chi connectivity index (χ2v) is 8.23. The van der Waals surface area contributed by atoms with Crippen molar-refractivity contribution >= 4 is 22.5 Å². The quantitative estimate of drug-likeness (QED) is 0.387. The molecule has 1 aliphatic rings. The summed E-state index contributed by atoms with van der Waals surface area (Å²) in [6.45, 7) is 0. The Morgan fingerprint density at radius 2 is 2.09 bits per heavy atom. The summed E-state index contributed by atoms with van der Waals surface area (Å²) in [5.74, 6) is 0.0199. The zero-order valence-corrected chi connectivity index (χ0v) is 18.5. The maximum atomic E-state index is 12.8. The first kappa shape index (κ1) is 22.4. The van der Waals surface area contributed by atoms with Gasteiger partial charge in [-0.15, -0.1) is 0 Å². The Labute approximate surface area is 190 Å². The average Bonchev–Trinajstić information content (AvgIpc) is 3.21. The summed E-state index contributed by atoms with van der Waals surface area (Å²) in [6.07, 6.45) is 4.59. The van der Waals surface area contributed by atoms with Crippen molar-refractivity contribution in [3.8, 4) is 17.7 Å². The maximum Gasteiger partial charge on any atom is 0.417 e. The molecule has 3 aromatic rings. The van der Waals surface area contributed by atoms with Crippen LogP contribution in [0.25, 0.3) is 10.9 Å². The number of pyridine rings is 1. The third-order valence-electron chi connectivity index (χ3n) is 6.13. The van der Waals surface area contributed by atoms with Crippen LogP contribution in [0.2, 0.25) is 0 Å². The van der Waals surface area contributed by atoms with Crippen molar-refractivity contribution in [2.24, 2.45) is 0 Å². The number of nitriles is 1. The number of anilines is 1. The molecule has 10 heteroatoms. The predicted molar refractivity (Wildman–Crippen MR) is 117 cm³/mol. The van der Waals surface area contributed by atoms with E-state index in [2.05, 4.69) is 16.5 Å². The van der Waals surface area contributed by atoms with E-state index in [-0.39, 0.29) is 24.0 Å². The van der Waals surface area contributed by atoms with Crippen LogP contribution in [0.3, 0.4) is 0 Å². The molecule has 172 valence electrons. The first-order chi connectivity index (χ1) is 15.9. The van der Waals surface area contributed by atoms with Crippen LogP contribution in [-0.2, 0) is 0 Å². The fraction of sp³-hybridized carbons (Fsp3) is 0.391. The lowest BCUT2D eigenvalue weighted by atomic mass is 9.80. The number of hydrogen-bond donors (Lipinski definition) is 3. The topological polar surface area (TPSA) is 134 Å². The van der Waals surface area contributed by atoms with E-state index >= 15 is 0 Å². The van der Waals surface area contributed by atoms with Gasteiger partial charge in [0.25, 0.3) is 0 Å². The van der Waals surface area contributed by atoms with Gasteiger partial charge >= 0.3 is 17.5 Å². The highest BCUT2D eigenvalue weighted by Crippen LogP contribution is 2.38. The summed E-state index contributed by atoms with van der Waals surface area (Å²) in [7, 11) is 2.90. The monoisotopic (exact) mass is 452 g/mol. The number of nitrogens with zero attached hydrogens (tertiary/aromatic N) is 4. The molecule has 0 spiro atoms. The molecule has 0 radical (unpaired) electrons. The van der Waals surface area contributed by atoms with Crippen molar-refractivity contribution in [1.29, 1.82) is 5.26 Å². The molecular weight excluding hydrogens is 426 g/mol. The van der Waals surface area contributed by atoms with E-state index in [1.54, 1.807) is 18.2 Å². The van der Waals surface area contributed by atoms with Gasteiger partial charge in [-0.3, -0.25) is 14.7 Å². The van der Waals surface area contributed by atoms with Crippen molar-refractivity contribution in [2.45, 2.75) is 43.7 Å². The molecule has 0 unspecified atom stereocenters. The van der Waals surface area contributed by atoms with Crippen LogP contribution in [0.15, 0.2) is 36.5 Å². The molecule has 0 aliphatic heterocycles.